The molecule has 11 heteroatoms. The zero-order valence-corrected chi connectivity index (χ0v) is 15.5. The number of thioether (sulfide) groups is 1. The Morgan fingerprint density at radius 1 is 1.29 bits per heavy atom. The number of methoxy groups -OCH3 is 1. The van der Waals surface area contributed by atoms with E-state index >= 15 is 0 Å². The lowest BCUT2D eigenvalue weighted by Gasteiger charge is -2.49. The smallest absolute Gasteiger partial charge is 0.411 e. The molecule has 10 nitrogen and oxygen atoms in total. The van der Waals surface area contributed by atoms with Gasteiger partial charge in [-0.2, -0.15) is 0 Å². The number of carboxylic acid groups (broad SMARTS) is 1. The van der Waals surface area contributed by atoms with Crippen molar-refractivity contribution in [2.45, 2.75) is 11.4 Å². The Labute approximate surface area is 163 Å². The van der Waals surface area contributed by atoms with Crippen molar-refractivity contribution in [1.82, 2.24) is 15.5 Å². The van der Waals surface area contributed by atoms with Crippen LogP contribution < -0.4 is 15.4 Å². The third-order valence-electron chi connectivity index (χ3n) is 4.04. The van der Waals surface area contributed by atoms with Crippen molar-refractivity contribution in [2.75, 3.05) is 19.5 Å². The highest BCUT2D eigenvalue weighted by molar-refractivity contribution is 8.00. The van der Waals surface area contributed by atoms with E-state index in [0.717, 1.165) is 12.0 Å². The molecule has 1 saturated heterocycles. The van der Waals surface area contributed by atoms with Gasteiger partial charge in [0.1, 0.15) is 17.2 Å². The third kappa shape index (κ3) is 3.88. The number of carbonyl (C=O) groups excluding carboxylic acids is 3. The van der Waals surface area contributed by atoms with Crippen molar-refractivity contribution in [3.8, 4) is 5.75 Å². The van der Waals surface area contributed by atoms with Gasteiger partial charge in [0, 0.05) is 5.75 Å². The van der Waals surface area contributed by atoms with Gasteiger partial charge in [0.2, 0.25) is 0 Å². The molecular weight excluding hydrogens is 390 g/mol. The SMILES string of the molecule is COC(=O)NC1=C(C(=O)O)N2C(=O)C(NC(=O)COc3ccccc3)[C@@H]2SC1. The summed E-state index contributed by atoms with van der Waals surface area (Å²) in [5, 5.41) is 13.7. The number of amides is 3. The molecule has 0 spiro atoms. The number of nitrogens with zero attached hydrogens (tertiary/aromatic N) is 1. The Morgan fingerprint density at radius 2 is 2.00 bits per heavy atom. The van der Waals surface area contributed by atoms with Gasteiger partial charge < -0.3 is 19.9 Å². The van der Waals surface area contributed by atoms with Crippen LogP contribution in [-0.2, 0) is 19.1 Å². The standard InChI is InChI=1S/C17H17N3O7S/c1-26-17(25)18-10-8-28-15-12(14(22)20(15)13(10)16(23)24)19-11(21)7-27-9-5-3-2-4-6-9/h2-6,12,15H,7-8H2,1H3,(H,18,25)(H,19,21)(H,23,24)/t12?,15-/m0/s1. The molecule has 2 heterocycles. The van der Waals surface area contributed by atoms with E-state index in [4.69, 9.17) is 4.74 Å². The van der Waals surface area contributed by atoms with Crippen LogP contribution in [0.3, 0.4) is 0 Å². The highest BCUT2D eigenvalue weighted by Gasteiger charge is 2.54. The lowest BCUT2D eigenvalue weighted by atomic mass is 10.0. The second-order valence-corrected chi connectivity index (χ2v) is 6.91. The number of rotatable bonds is 6. The fourth-order valence-electron chi connectivity index (χ4n) is 2.77. The number of carbonyl (C=O) groups is 4. The highest BCUT2D eigenvalue weighted by Crippen LogP contribution is 2.39. The van der Waals surface area contributed by atoms with E-state index in [9.17, 15) is 24.3 Å². The first-order valence-electron chi connectivity index (χ1n) is 8.15. The van der Waals surface area contributed by atoms with E-state index in [0.29, 0.717) is 5.75 Å². The second kappa shape index (κ2) is 8.21. The molecule has 1 fully saturated rings. The summed E-state index contributed by atoms with van der Waals surface area (Å²) in [6.07, 6.45) is -0.830. The molecular formula is C17H17N3O7S. The van der Waals surface area contributed by atoms with Crippen LogP contribution in [0.5, 0.6) is 5.75 Å². The molecule has 2 aliphatic rings. The number of alkyl carbamates (subject to hydrolysis) is 1. The molecule has 0 saturated carbocycles. The van der Waals surface area contributed by atoms with E-state index in [1.807, 2.05) is 6.07 Å². The van der Waals surface area contributed by atoms with E-state index in [1.165, 1.54) is 11.8 Å². The minimum absolute atomic E-state index is 0.0612. The zero-order chi connectivity index (χ0) is 20.3. The molecule has 28 heavy (non-hydrogen) atoms. The molecule has 0 bridgehead atoms. The normalized spacial score (nSPS) is 20.6. The summed E-state index contributed by atoms with van der Waals surface area (Å²) >= 11 is 1.22. The van der Waals surface area contributed by atoms with E-state index in [-0.39, 0.29) is 23.8 Å². The van der Waals surface area contributed by atoms with Crippen LogP contribution in [-0.4, -0.2) is 64.8 Å². The predicted molar refractivity (Wildman–Crippen MR) is 97.2 cm³/mol. The van der Waals surface area contributed by atoms with E-state index < -0.39 is 35.3 Å². The minimum Gasteiger partial charge on any atom is -0.484 e. The number of hydrogen-bond donors (Lipinski definition) is 3. The first-order valence-corrected chi connectivity index (χ1v) is 9.20. The summed E-state index contributed by atoms with van der Waals surface area (Å²) in [6, 6.07) is 7.86. The molecule has 1 unspecified atom stereocenters. The van der Waals surface area contributed by atoms with Crippen LogP contribution in [0.1, 0.15) is 0 Å². The highest BCUT2D eigenvalue weighted by atomic mass is 32.2. The second-order valence-electron chi connectivity index (χ2n) is 5.81. The fourth-order valence-corrected chi connectivity index (χ4v) is 4.05. The van der Waals surface area contributed by atoms with Crippen LogP contribution in [0.4, 0.5) is 4.79 Å². The van der Waals surface area contributed by atoms with Gasteiger partial charge >= 0.3 is 12.1 Å². The van der Waals surface area contributed by atoms with Crippen LogP contribution in [0.15, 0.2) is 41.7 Å². The number of hydrogen-bond acceptors (Lipinski definition) is 7. The van der Waals surface area contributed by atoms with Crippen molar-refractivity contribution in [3.63, 3.8) is 0 Å². The van der Waals surface area contributed by atoms with Crippen molar-refractivity contribution in [1.29, 1.82) is 0 Å². The first-order chi connectivity index (χ1) is 13.4. The first kappa shape index (κ1) is 19.5. The molecule has 0 aliphatic carbocycles. The summed E-state index contributed by atoms with van der Waals surface area (Å²) in [6.45, 7) is -0.276. The molecule has 0 aromatic heterocycles. The summed E-state index contributed by atoms with van der Waals surface area (Å²) < 4.78 is 9.80. The average Bonchev–Trinajstić information content (AvgIpc) is 2.70. The van der Waals surface area contributed by atoms with Gasteiger partial charge in [0.05, 0.1) is 12.8 Å². The van der Waals surface area contributed by atoms with Crippen molar-refractivity contribution < 1.29 is 33.8 Å². The van der Waals surface area contributed by atoms with Crippen LogP contribution in [0.25, 0.3) is 0 Å². The lowest BCUT2D eigenvalue weighted by Crippen LogP contribution is -2.71. The number of ether oxygens (including phenoxy) is 2. The van der Waals surface area contributed by atoms with Gasteiger partial charge in [-0.05, 0) is 12.1 Å². The maximum atomic E-state index is 12.4. The molecule has 3 rings (SSSR count). The Hall–Kier alpha value is -3.21. The van der Waals surface area contributed by atoms with Gasteiger partial charge in [-0.1, -0.05) is 18.2 Å². The van der Waals surface area contributed by atoms with E-state index in [1.54, 1.807) is 24.3 Å². The van der Waals surface area contributed by atoms with Crippen molar-refractivity contribution in [2.24, 2.45) is 0 Å². The molecule has 0 radical (unpaired) electrons. The van der Waals surface area contributed by atoms with Gasteiger partial charge in [0.25, 0.3) is 11.8 Å². The predicted octanol–water partition coefficient (Wildman–Crippen LogP) is 0.118. The largest absolute Gasteiger partial charge is 0.484 e. The summed E-state index contributed by atoms with van der Waals surface area (Å²) in [5.41, 5.74) is -0.267. The number of β-lactam (4-membered cyclic amide) rings is 1. The Bertz CT molecular complexity index is 842. The molecule has 3 N–H and O–H groups in total. The van der Waals surface area contributed by atoms with Gasteiger partial charge in [-0.15, -0.1) is 11.8 Å². The number of aliphatic carboxylic acids is 1. The molecule has 2 atom stereocenters. The fraction of sp³-hybridized carbons (Fsp3) is 0.294. The Balaban J connectivity index is 1.64. The van der Waals surface area contributed by atoms with Gasteiger partial charge in [-0.25, -0.2) is 9.59 Å². The number of nitrogens with one attached hydrogen (secondary N) is 2. The van der Waals surface area contributed by atoms with Crippen LogP contribution in [0.2, 0.25) is 0 Å². The number of para-hydroxylation sites is 1. The summed E-state index contributed by atoms with van der Waals surface area (Å²) in [7, 11) is 1.15. The quantitative estimate of drug-likeness (QED) is 0.566. The van der Waals surface area contributed by atoms with Crippen LogP contribution >= 0.6 is 11.8 Å². The summed E-state index contributed by atoms with van der Waals surface area (Å²) in [5.74, 6) is -1.78. The molecule has 2 aliphatic heterocycles. The number of fused-ring (bicyclic) bond motifs is 1. The maximum absolute atomic E-state index is 12.4. The van der Waals surface area contributed by atoms with E-state index in [2.05, 4.69) is 15.4 Å². The molecule has 148 valence electrons. The molecule has 1 aromatic carbocycles. The van der Waals surface area contributed by atoms with Gasteiger partial charge in [0.15, 0.2) is 12.3 Å². The monoisotopic (exact) mass is 407 g/mol. The Morgan fingerprint density at radius 3 is 2.64 bits per heavy atom. The van der Waals surface area contributed by atoms with Crippen LogP contribution in [0, 0.1) is 0 Å². The average molecular weight is 407 g/mol. The number of carboxylic acids is 1. The number of benzene rings is 1. The minimum atomic E-state index is -1.36. The Kier molecular flexibility index (Phi) is 5.73. The summed E-state index contributed by atoms with van der Waals surface area (Å²) in [4.78, 5) is 48.6. The molecule has 3 amide bonds. The maximum Gasteiger partial charge on any atom is 0.411 e. The lowest BCUT2D eigenvalue weighted by molar-refractivity contribution is -0.151. The third-order valence-corrected chi connectivity index (χ3v) is 5.32. The zero-order valence-electron chi connectivity index (χ0n) is 14.7. The topological polar surface area (TPSA) is 134 Å². The van der Waals surface area contributed by atoms with Crippen molar-refractivity contribution >= 4 is 35.6 Å². The molecule has 1 aromatic rings. The van der Waals surface area contributed by atoms with Crippen molar-refractivity contribution in [3.05, 3.63) is 41.7 Å². The van der Waals surface area contributed by atoms with Gasteiger partial charge in [-0.3, -0.25) is 19.8 Å².